The van der Waals surface area contributed by atoms with Crippen LogP contribution in [0.15, 0.2) is 30.3 Å². The molecular weight excluding hydrogens is 342 g/mol. The van der Waals surface area contributed by atoms with E-state index in [9.17, 15) is 14.7 Å². The number of aryl methyl sites for hydroxylation is 2. The first kappa shape index (κ1) is 17.8. The quantitative estimate of drug-likeness (QED) is 0.882. The molecule has 1 aromatic heterocycles. The number of nitrogens with zero attached hydrogens (tertiary/aromatic N) is 3. The van der Waals surface area contributed by atoms with Gasteiger partial charge in [0, 0.05) is 24.3 Å². The number of hydrogen-bond donors (Lipinski definition) is 1. The Balaban J connectivity index is 1.50. The van der Waals surface area contributed by atoms with E-state index in [1.165, 1.54) is 0 Å². The Morgan fingerprint density at radius 1 is 1.19 bits per heavy atom. The van der Waals surface area contributed by atoms with E-state index in [2.05, 4.69) is 5.10 Å². The van der Waals surface area contributed by atoms with Crippen LogP contribution in [-0.4, -0.2) is 44.8 Å². The van der Waals surface area contributed by atoms with Crippen molar-refractivity contribution in [3.05, 3.63) is 52.8 Å². The number of carbonyl (C=O) groups is 2. The Bertz CT molecular complexity index is 885. The number of benzene rings is 1. The molecule has 2 aromatic rings. The first-order valence-corrected chi connectivity index (χ1v) is 9.54. The van der Waals surface area contributed by atoms with Gasteiger partial charge in [0.15, 0.2) is 0 Å². The van der Waals surface area contributed by atoms with Gasteiger partial charge in [0.2, 0.25) is 0 Å². The molecule has 27 heavy (non-hydrogen) atoms. The second kappa shape index (κ2) is 6.83. The highest BCUT2D eigenvalue weighted by Gasteiger charge is 2.46. The first-order chi connectivity index (χ1) is 12.9. The number of hydrogen-bond acceptors (Lipinski definition) is 3. The van der Waals surface area contributed by atoms with E-state index in [0.29, 0.717) is 31.1 Å². The van der Waals surface area contributed by atoms with Gasteiger partial charge in [0.05, 0.1) is 18.2 Å². The SMILES string of the molecule is Cc1cc(C)n(Cc2cccc(C(=O)N3C[C@H](C(=O)O)[C@@H](C4CC4)C3)c2)n1. The molecule has 1 aliphatic heterocycles. The molecule has 0 spiro atoms. The van der Waals surface area contributed by atoms with Gasteiger partial charge in [-0.2, -0.15) is 5.10 Å². The molecule has 2 fully saturated rings. The van der Waals surface area contributed by atoms with Crippen molar-refractivity contribution >= 4 is 11.9 Å². The highest BCUT2D eigenvalue weighted by molar-refractivity contribution is 5.95. The van der Waals surface area contributed by atoms with Crippen molar-refractivity contribution in [3.63, 3.8) is 0 Å². The fraction of sp³-hybridized carbons (Fsp3) is 0.476. The van der Waals surface area contributed by atoms with Crippen LogP contribution in [0.1, 0.15) is 40.2 Å². The predicted molar refractivity (Wildman–Crippen MR) is 100 cm³/mol. The Kier molecular flexibility index (Phi) is 4.50. The zero-order valence-corrected chi connectivity index (χ0v) is 15.8. The summed E-state index contributed by atoms with van der Waals surface area (Å²) in [5.74, 6) is -0.704. The minimum Gasteiger partial charge on any atom is -0.481 e. The van der Waals surface area contributed by atoms with E-state index >= 15 is 0 Å². The molecule has 0 radical (unpaired) electrons. The molecule has 6 nitrogen and oxygen atoms in total. The monoisotopic (exact) mass is 367 g/mol. The van der Waals surface area contributed by atoms with Crippen LogP contribution < -0.4 is 0 Å². The maximum atomic E-state index is 13.0. The average Bonchev–Trinajstić information content (AvgIpc) is 3.30. The third-order valence-electron chi connectivity index (χ3n) is 5.81. The lowest BCUT2D eigenvalue weighted by atomic mass is 9.92. The Labute approximate surface area is 158 Å². The smallest absolute Gasteiger partial charge is 0.308 e. The summed E-state index contributed by atoms with van der Waals surface area (Å²) in [4.78, 5) is 26.3. The van der Waals surface area contributed by atoms with Crippen molar-refractivity contribution in [1.29, 1.82) is 0 Å². The highest BCUT2D eigenvalue weighted by Crippen LogP contribution is 2.44. The molecule has 0 unspecified atom stereocenters. The van der Waals surface area contributed by atoms with E-state index in [1.807, 2.05) is 48.9 Å². The van der Waals surface area contributed by atoms with E-state index in [1.54, 1.807) is 4.90 Å². The maximum absolute atomic E-state index is 13.0. The van der Waals surface area contributed by atoms with Gasteiger partial charge in [0.25, 0.3) is 5.91 Å². The summed E-state index contributed by atoms with van der Waals surface area (Å²) in [5.41, 5.74) is 3.69. The highest BCUT2D eigenvalue weighted by atomic mass is 16.4. The molecule has 1 saturated carbocycles. The molecule has 4 rings (SSSR count). The molecule has 0 bridgehead atoms. The molecule has 142 valence electrons. The number of aromatic nitrogens is 2. The van der Waals surface area contributed by atoms with Gasteiger partial charge < -0.3 is 10.0 Å². The van der Waals surface area contributed by atoms with Gasteiger partial charge in [-0.25, -0.2) is 0 Å². The summed E-state index contributed by atoms with van der Waals surface area (Å²) in [7, 11) is 0. The third kappa shape index (κ3) is 3.61. The second-order valence-electron chi connectivity index (χ2n) is 7.94. The van der Waals surface area contributed by atoms with E-state index in [4.69, 9.17) is 0 Å². The molecule has 1 N–H and O–H groups in total. The van der Waals surface area contributed by atoms with E-state index < -0.39 is 11.9 Å². The van der Waals surface area contributed by atoms with Crippen molar-refractivity contribution in [1.82, 2.24) is 14.7 Å². The molecule has 2 aliphatic rings. The zero-order chi connectivity index (χ0) is 19.1. The summed E-state index contributed by atoms with van der Waals surface area (Å²) in [6.45, 7) is 5.47. The lowest BCUT2D eigenvalue weighted by Crippen LogP contribution is -2.30. The molecule has 6 heteroatoms. The van der Waals surface area contributed by atoms with Gasteiger partial charge in [-0.3, -0.25) is 14.3 Å². The van der Waals surface area contributed by atoms with Crippen LogP contribution in [0.25, 0.3) is 0 Å². The van der Waals surface area contributed by atoms with Crippen LogP contribution in [0.5, 0.6) is 0 Å². The summed E-state index contributed by atoms with van der Waals surface area (Å²) >= 11 is 0. The fourth-order valence-electron chi connectivity index (χ4n) is 4.25. The minimum atomic E-state index is -0.777. The summed E-state index contributed by atoms with van der Waals surface area (Å²) in [5, 5.41) is 14.0. The summed E-state index contributed by atoms with van der Waals surface area (Å²) in [6.07, 6.45) is 2.18. The normalized spacial score (nSPS) is 22.2. The third-order valence-corrected chi connectivity index (χ3v) is 5.81. The Hall–Kier alpha value is -2.63. The van der Waals surface area contributed by atoms with Gasteiger partial charge in [-0.05, 0) is 62.3 Å². The lowest BCUT2D eigenvalue weighted by Gasteiger charge is -2.17. The molecule has 2 atom stereocenters. The van der Waals surface area contributed by atoms with E-state index in [-0.39, 0.29) is 11.8 Å². The van der Waals surface area contributed by atoms with Crippen LogP contribution in [-0.2, 0) is 11.3 Å². The number of aliphatic carboxylic acids is 1. The van der Waals surface area contributed by atoms with Crippen LogP contribution in [0, 0.1) is 31.6 Å². The van der Waals surface area contributed by atoms with Crippen molar-refractivity contribution in [2.45, 2.75) is 33.2 Å². The van der Waals surface area contributed by atoms with Gasteiger partial charge in [0.1, 0.15) is 0 Å². The van der Waals surface area contributed by atoms with Crippen molar-refractivity contribution < 1.29 is 14.7 Å². The summed E-state index contributed by atoms with van der Waals surface area (Å²) in [6, 6.07) is 9.62. The van der Waals surface area contributed by atoms with Crippen LogP contribution in [0.3, 0.4) is 0 Å². The number of amides is 1. The van der Waals surface area contributed by atoms with Crippen LogP contribution in [0.4, 0.5) is 0 Å². The number of carbonyl (C=O) groups excluding carboxylic acids is 1. The van der Waals surface area contributed by atoms with Gasteiger partial charge in [-0.1, -0.05) is 12.1 Å². The molecule has 1 aromatic carbocycles. The number of likely N-dealkylation sites (tertiary alicyclic amines) is 1. The van der Waals surface area contributed by atoms with Crippen LogP contribution >= 0.6 is 0 Å². The standard InChI is InChI=1S/C21H25N3O3/c1-13-8-14(2)24(22-13)10-15-4-3-5-17(9-15)20(25)23-11-18(16-6-7-16)19(12-23)21(26)27/h3-5,8-9,16,18-19H,6-7,10-12H2,1-2H3,(H,26,27)/t18-,19+/m1/s1. The Morgan fingerprint density at radius 2 is 1.96 bits per heavy atom. The second-order valence-corrected chi connectivity index (χ2v) is 7.94. The van der Waals surface area contributed by atoms with Crippen molar-refractivity contribution in [2.75, 3.05) is 13.1 Å². The summed E-state index contributed by atoms with van der Waals surface area (Å²) < 4.78 is 1.93. The predicted octanol–water partition coefficient (Wildman–Crippen LogP) is 2.73. The minimum absolute atomic E-state index is 0.0698. The van der Waals surface area contributed by atoms with E-state index in [0.717, 1.165) is 29.8 Å². The molecule has 1 saturated heterocycles. The van der Waals surface area contributed by atoms with Gasteiger partial charge in [-0.15, -0.1) is 0 Å². The zero-order valence-electron chi connectivity index (χ0n) is 15.8. The average molecular weight is 367 g/mol. The topological polar surface area (TPSA) is 75.4 Å². The lowest BCUT2D eigenvalue weighted by molar-refractivity contribution is -0.142. The molecular formula is C21H25N3O3. The number of carboxylic acids is 1. The fourth-order valence-corrected chi connectivity index (χ4v) is 4.25. The number of rotatable bonds is 5. The number of carboxylic acid groups (broad SMARTS) is 1. The largest absolute Gasteiger partial charge is 0.481 e. The first-order valence-electron chi connectivity index (χ1n) is 9.54. The van der Waals surface area contributed by atoms with Gasteiger partial charge >= 0.3 is 5.97 Å². The maximum Gasteiger partial charge on any atom is 0.308 e. The molecule has 1 amide bonds. The van der Waals surface area contributed by atoms with Crippen LogP contribution in [0.2, 0.25) is 0 Å². The van der Waals surface area contributed by atoms with Crippen molar-refractivity contribution in [2.24, 2.45) is 17.8 Å². The molecule has 1 aliphatic carbocycles. The van der Waals surface area contributed by atoms with Crippen molar-refractivity contribution in [3.8, 4) is 0 Å². The molecule has 2 heterocycles. The Morgan fingerprint density at radius 3 is 2.59 bits per heavy atom.